The van der Waals surface area contributed by atoms with Crippen LogP contribution in [0.1, 0.15) is 42.5 Å². The Bertz CT molecular complexity index is 543. The minimum absolute atomic E-state index is 0.206. The SMILES string of the molecule is Fc1cc(F)c(C(Br)C2C3CC4CC(C3)CC2C4)cc1F. The third-order valence-electron chi connectivity index (χ3n) is 5.97. The highest BCUT2D eigenvalue weighted by molar-refractivity contribution is 9.09. The Hall–Kier alpha value is -0.510. The van der Waals surface area contributed by atoms with E-state index in [1.54, 1.807) is 0 Å². The molecule has 114 valence electrons. The van der Waals surface area contributed by atoms with Crippen molar-refractivity contribution in [1.82, 2.24) is 0 Å². The van der Waals surface area contributed by atoms with Crippen LogP contribution in [0.25, 0.3) is 0 Å². The lowest BCUT2D eigenvalue weighted by Crippen LogP contribution is -2.46. The number of alkyl halides is 1. The van der Waals surface area contributed by atoms with E-state index in [4.69, 9.17) is 0 Å². The van der Waals surface area contributed by atoms with E-state index in [9.17, 15) is 13.2 Å². The van der Waals surface area contributed by atoms with Crippen molar-refractivity contribution in [3.05, 3.63) is 35.1 Å². The fraction of sp³-hybridized carbons (Fsp3) is 0.647. The lowest BCUT2D eigenvalue weighted by Gasteiger charge is -2.55. The maximum Gasteiger partial charge on any atom is 0.161 e. The first-order valence-electron chi connectivity index (χ1n) is 7.81. The molecule has 4 aliphatic carbocycles. The lowest BCUT2D eigenvalue weighted by atomic mass is 9.51. The van der Waals surface area contributed by atoms with E-state index >= 15 is 0 Å². The van der Waals surface area contributed by atoms with E-state index in [-0.39, 0.29) is 10.4 Å². The van der Waals surface area contributed by atoms with Gasteiger partial charge in [-0.3, -0.25) is 0 Å². The van der Waals surface area contributed by atoms with Gasteiger partial charge in [0, 0.05) is 16.5 Å². The van der Waals surface area contributed by atoms with E-state index in [2.05, 4.69) is 15.9 Å². The zero-order valence-electron chi connectivity index (χ0n) is 11.7. The average molecular weight is 359 g/mol. The van der Waals surface area contributed by atoms with Crippen LogP contribution in [0.4, 0.5) is 13.2 Å². The second-order valence-corrected chi connectivity index (χ2v) is 8.18. The van der Waals surface area contributed by atoms with Crippen LogP contribution in [0.3, 0.4) is 0 Å². The fourth-order valence-electron chi connectivity index (χ4n) is 5.40. The quantitative estimate of drug-likeness (QED) is 0.475. The fourth-order valence-corrected chi connectivity index (χ4v) is 6.62. The molecule has 1 aromatic carbocycles. The largest absolute Gasteiger partial charge is 0.207 e. The molecule has 5 rings (SSSR count). The Morgan fingerprint density at radius 2 is 1.33 bits per heavy atom. The van der Waals surface area contributed by atoms with Gasteiger partial charge in [0.2, 0.25) is 0 Å². The third kappa shape index (κ3) is 2.25. The summed E-state index contributed by atoms with van der Waals surface area (Å²) in [6.07, 6.45) is 6.28. The van der Waals surface area contributed by atoms with E-state index < -0.39 is 17.5 Å². The van der Waals surface area contributed by atoms with Crippen LogP contribution in [0.5, 0.6) is 0 Å². The summed E-state index contributed by atoms with van der Waals surface area (Å²) in [4.78, 5) is -0.206. The first kappa shape index (κ1) is 14.1. The summed E-state index contributed by atoms with van der Waals surface area (Å²) in [5.41, 5.74) is 0.284. The molecular formula is C17H18BrF3. The number of hydrogen-bond donors (Lipinski definition) is 0. The van der Waals surface area contributed by atoms with Gasteiger partial charge in [-0.05, 0) is 67.8 Å². The minimum Gasteiger partial charge on any atom is -0.207 e. The smallest absolute Gasteiger partial charge is 0.161 e. The second kappa shape index (κ2) is 5.00. The molecule has 1 unspecified atom stereocenters. The van der Waals surface area contributed by atoms with E-state index in [0.29, 0.717) is 23.8 Å². The van der Waals surface area contributed by atoms with E-state index in [0.717, 1.165) is 17.9 Å². The summed E-state index contributed by atoms with van der Waals surface area (Å²) in [6.45, 7) is 0. The third-order valence-corrected chi connectivity index (χ3v) is 7.08. The summed E-state index contributed by atoms with van der Waals surface area (Å²) in [5.74, 6) is 0.565. The predicted molar refractivity (Wildman–Crippen MR) is 78.5 cm³/mol. The van der Waals surface area contributed by atoms with Crippen molar-refractivity contribution in [3.63, 3.8) is 0 Å². The molecule has 4 heteroatoms. The van der Waals surface area contributed by atoms with Crippen molar-refractivity contribution >= 4 is 15.9 Å². The van der Waals surface area contributed by atoms with Gasteiger partial charge < -0.3 is 0 Å². The molecule has 0 amide bonds. The summed E-state index contributed by atoms with van der Waals surface area (Å²) >= 11 is 3.62. The van der Waals surface area contributed by atoms with Crippen molar-refractivity contribution in [2.24, 2.45) is 29.6 Å². The molecule has 0 heterocycles. The molecule has 0 nitrogen and oxygen atoms in total. The molecule has 21 heavy (non-hydrogen) atoms. The van der Waals surface area contributed by atoms with Crippen molar-refractivity contribution < 1.29 is 13.2 Å². The number of hydrogen-bond acceptors (Lipinski definition) is 0. The van der Waals surface area contributed by atoms with Gasteiger partial charge in [0.05, 0.1) is 0 Å². The van der Waals surface area contributed by atoms with Crippen LogP contribution in [-0.4, -0.2) is 0 Å². The Morgan fingerprint density at radius 3 is 1.90 bits per heavy atom. The summed E-state index contributed by atoms with van der Waals surface area (Å²) in [5, 5.41) is 0. The number of halogens is 4. The first-order valence-corrected chi connectivity index (χ1v) is 8.73. The summed E-state index contributed by atoms with van der Waals surface area (Å²) in [6, 6.07) is 1.71. The first-order chi connectivity index (χ1) is 10.0. The van der Waals surface area contributed by atoms with E-state index in [1.807, 2.05) is 0 Å². The van der Waals surface area contributed by atoms with Crippen molar-refractivity contribution in [2.45, 2.75) is 36.9 Å². The second-order valence-electron chi connectivity index (χ2n) is 7.20. The van der Waals surface area contributed by atoms with E-state index in [1.165, 1.54) is 32.1 Å². The van der Waals surface area contributed by atoms with Crippen LogP contribution >= 0.6 is 15.9 Å². The molecule has 4 saturated carbocycles. The van der Waals surface area contributed by atoms with Gasteiger partial charge in [-0.15, -0.1) is 0 Å². The molecule has 0 spiro atoms. The molecule has 0 radical (unpaired) electrons. The molecule has 4 fully saturated rings. The van der Waals surface area contributed by atoms with Crippen molar-refractivity contribution in [1.29, 1.82) is 0 Å². The highest BCUT2D eigenvalue weighted by Crippen LogP contribution is 2.61. The van der Waals surface area contributed by atoms with Crippen LogP contribution in [0.15, 0.2) is 12.1 Å². The van der Waals surface area contributed by atoms with Crippen LogP contribution in [0.2, 0.25) is 0 Å². The molecular weight excluding hydrogens is 341 g/mol. The zero-order valence-corrected chi connectivity index (χ0v) is 13.3. The molecule has 0 aliphatic heterocycles. The average Bonchev–Trinajstić information content (AvgIpc) is 2.41. The van der Waals surface area contributed by atoms with Crippen LogP contribution in [-0.2, 0) is 0 Å². The monoisotopic (exact) mass is 358 g/mol. The highest BCUT2D eigenvalue weighted by atomic mass is 79.9. The maximum atomic E-state index is 14.1. The van der Waals surface area contributed by atoms with Gasteiger partial charge in [-0.1, -0.05) is 15.9 Å². The molecule has 4 aliphatic rings. The van der Waals surface area contributed by atoms with Crippen molar-refractivity contribution in [3.8, 4) is 0 Å². The molecule has 4 bridgehead atoms. The Balaban J connectivity index is 1.66. The topological polar surface area (TPSA) is 0 Å². The maximum absolute atomic E-state index is 14.1. The molecule has 0 saturated heterocycles. The van der Waals surface area contributed by atoms with Crippen LogP contribution < -0.4 is 0 Å². The minimum atomic E-state index is -1.11. The Labute approximate surface area is 131 Å². The molecule has 0 aromatic heterocycles. The number of rotatable bonds is 2. The highest BCUT2D eigenvalue weighted by Gasteiger charge is 2.50. The van der Waals surface area contributed by atoms with Gasteiger partial charge in [0.15, 0.2) is 11.6 Å². The van der Waals surface area contributed by atoms with Crippen molar-refractivity contribution in [2.75, 3.05) is 0 Å². The van der Waals surface area contributed by atoms with Gasteiger partial charge >= 0.3 is 0 Å². The van der Waals surface area contributed by atoms with Gasteiger partial charge in [-0.2, -0.15) is 0 Å². The Kier molecular flexibility index (Phi) is 3.36. The lowest BCUT2D eigenvalue weighted by molar-refractivity contribution is -0.0367. The van der Waals surface area contributed by atoms with Gasteiger partial charge in [-0.25, -0.2) is 13.2 Å². The van der Waals surface area contributed by atoms with Gasteiger partial charge in [0.25, 0.3) is 0 Å². The Morgan fingerprint density at radius 1 is 0.810 bits per heavy atom. The van der Waals surface area contributed by atoms with Crippen LogP contribution in [0, 0.1) is 47.0 Å². The summed E-state index contributed by atoms with van der Waals surface area (Å²) in [7, 11) is 0. The standard InChI is InChI=1S/C17H18BrF3/c18-17(12-6-14(20)15(21)7-13(12)19)16-10-2-8-1-9(4-10)5-11(16)3-8/h6-11,16-17H,1-5H2. The van der Waals surface area contributed by atoms with Gasteiger partial charge in [0.1, 0.15) is 5.82 Å². The summed E-state index contributed by atoms with van der Waals surface area (Å²) < 4.78 is 40.7. The normalized spacial score (nSPS) is 38.8. The molecule has 0 N–H and O–H groups in total. The zero-order chi connectivity index (χ0) is 14.7. The molecule has 1 atom stereocenters. The molecule has 1 aromatic rings. The number of benzene rings is 1. The predicted octanol–water partition coefficient (Wildman–Crippen LogP) is 5.61.